The van der Waals surface area contributed by atoms with Crippen molar-refractivity contribution >= 4 is 27.8 Å². The van der Waals surface area contributed by atoms with Crippen molar-refractivity contribution in [3.05, 3.63) is 28.5 Å². The Morgan fingerprint density at radius 1 is 1.43 bits per heavy atom. The fraction of sp³-hybridized carbons (Fsp3) is 0.417. The summed E-state index contributed by atoms with van der Waals surface area (Å²) in [4.78, 5) is 27.4. The molecule has 0 aliphatic rings. The second-order valence-corrected chi connectivity index (χ2v) is 4.86. The van der Waals surface area contributed by atoms with Crippen molar-refractivity contribution in [1.29, 1.82) is 0 Å². The van der Waals surface area contributed by atoms with Gasteiger partial charge in [0.15, 0.2) is 0 Å². The summed E-state index contributed by atoms with van der Waals surface area (Å²) < 4.78 is 42.3. The highest BCUT2D eigenvalue weighted by Gasteiger charge is 2.34. The van der Waals surface area contributed by atoms with Crippen molar-refractivity contribution in [2.75, 3.05) is 20.2 Å². The van der Waals surface area contributed by atoms with Gasteiger partial charge in [0.1, 0.15) is 12.2 Å². The minimum absolute atomic E-state index is 0.147. The van der Waals surface area contributed by atoms with Crippen molar-refractivity contribution in [1.82, 2.24) is 9.88 Å². The molecular weight excluding hydrogens is 357 g/mol. The Balaban J connectivity index is 2.92. The normalized spacial score (nSPS) is 11.1. The van der Waals surface area contributed by atoms with E-state index in [4.69, 9.17) is 0 Å². The number of rotatable bonds is 5. The molecule has 116 valence electrons. The number of pyridine rings is 1. The summed E-state index contributed by atoms with van der Waals surface area (Å²) in [7, 11) is 1.12. The molecule has 1 aromatic rings. The van der Waals surface area contributed by atoms with E-state index in [1.54, 1.807) is 0 Å². The van der Waals surface area contributed by atoms with E-state index in [0.29, 0.717) is 4.90 Å². The zero-order chi connectivity index (χ0) is 16.0. The fourth-order valence-corrected chi connectivity index (χ4v) is 1.91. The third kappa shape index (κ3) is 5.70. The van der Waals surface area contributed by atoms with E-state index in [1.165, 1.54) is 18.3 Å². The molecule has 21 heavy (non-hydrogen) atoms. The summed E-state index contributed by atoms with van der Waals surface area (Å²) in [6, 6.07) is 3.02. The van der Waals surface area contributed by atoms with Crippen LogP contribution in [0.4, 0.5) is 13.2 Å². The highest BCUT2D eigenvalue weighted by molar-refractivity contribution is 9.10. The smallest absolute Gasteiger partial charge is 0.406 e. The maximum atomic E-state index is 12.5. The van der Waals surface area contributed by atoms with Crippen LogP contribution in [0.2, 0.25) is 0 Å². The minimum Gasteiger partial charge on any atom is -0.469 e. The molecule has 1 amide bonds. The van der Waals surface area contributed by atoms with Crippen molar-refractivity contribution in [2.45, 2.75) is 12.6 Å². The number of ether oxygens (including phenoxy) is 1. The van der Waals surface area contributed by atoms with Gasteiger partial charge in [0, 0.05) is 17.2 Å². The lowest BCUT2D eigenvalue weighted by Gasteiger charge is -2.23. The van der Waals surface area contributed by atoms with Gasteiger partial charge < -0.3 is 9.64 Å². The Hall–Kier alpha value is -1.64. The molecule has 0 radical (unpaired) electrons. The lowest BCUT2D eigenvalue weighted by Crippen LogP contribution is -2.40. The highest BCUT2D eigenvalue weighted by atomic mass is 79.9. The summed E-state index contributed by atoms with van der Waals surface area (Å²) in [5.74, 6) is -1.61. The molecule has 1 heterocycles. The molecule has 9 heteroatoms. The van der Waals surface area contributed by atoms with E-state index in [0.717, 1.165) is 7.11 Å². The first-order valence-corrected chi connectivity index (χ1v) is 6.57. The molecule has 0 aliphatic heterocycles. The molecule has 0 unspecified atom stereocenters. The van der Waals surface area contributed by atoms with E-state index in [1.807, 2.05) is 0 Å². The van der Waals surface area contributed by atoms with Crippen LogP contribution in [0.5, 0.6) is 0 Å². The first kappa shape index (κ1) is 17.4. The number of alkyl halides is 3. The highest BCUT2D eigenvalue weighted by Crippen LogP contribution is 2.20. The van der Waals surface area contributed by atoms with Crippen molar-refractivity contribution in [2.24, 2.45) is 0 Å². The number of nitrogens with zero attached hydrogens (tertiary/aromatic N) is 2. The molecule has 0 fully saturated rings. The van der Waals surface area contributed by atoms with Crippen LogP contribution < -0.4 is 0 Å². The van der Waals surface area contributed by atoms with Crippen LogP contribution in [-0.2, 0) is 9.53 Å². The Kier molecular flexibility index (Phi) is 6.13. The number of amides is 1. The van der Waals surface area contributed by atoms with Crippen LogP contribution >= 0.6 is 15.9 Å². The Morgan fingerprint density at radius 2 is 2.10 bits per heavy atom. The molecule has 1 aromatic heterocycles. The number of esters is 1. The molecule has 0 aromatic carbocycles. The molecule has 0 atom stereocenters. The molecular formula is C12H12BrF3N2O3. The van der Waals surface area contributed by atoms with Gasteiger partial charge in [-0.25, -0.2) is 4.98 Å². The van der Waals surface area contributed by atoms with Crippen LogP contribution in [0.3, 0.4) is 0 Å². The monoisotopic (exact) mass is 368 g/mol. The maximum absolute atomic E-state index is 12.5. The van der Waals surface area contributed by atoms with Crippen molar-refractivity contribution < 1.29 is 27.5 Å². The second-order valence-electron chi connectivity index (χ2n) is 4.00. The Bertz CT molecular complexity index is 523. The zero-order valence-corrected chi connectivity index (χ0v) is 12.6. The molecule has 0 bridgehead atoms. The first-order chi connectivity index (χ1) is 9.74. The van der Waals surface area contributed by atoms with E-state index in [2.05, 4.69) is 25.7 Å². The Morgan fingerprint density at radius 3 is 2.62 bits per heavy atom. The number of hydrogen-bond donors (Lipinski definition) is 0. The SMILES string of the molecule is COC(=O)CCN(CC(F)(F)F)C(=O)c1ncccc1Br. The minimum atomic E-state index is -4.58. The molecule has 0 saturated heterocycles. The maximum Gasteiger partial charge on any atom is 0.406 e. The number of aromatic nitrogens is 1. The largest absolute Gasteiger partial charge is 0.469 e. The molecule has 0 aliphatic carbocycles. The van der Waals surface area contributed by atoms with Crippen molar-refractivity contribution in [3.8, 4) is 0 Å². The average molecular weight is 369 g/mol. The molecule has 0 saturated carbocycles. The number of halogens is 4. The first-order valence-electron chi connectivity index (χ1n) is 5.78. The summed E-state index contributed by atoms with van der Waals surface area (Å²) in [6.45, 7) is -1.88. The standard InChI is InChI=1S/C12H12BrF3N2O3/c1-21-9(19)4-6-18(7-12(14,15)16)11(20)10-8(13)3-2-5-17-10/h2-3,5H,4,6-7H2,1H3. The van der Waals surface area contributed by atoms with Gasteiger partial charge in [0.05, 0.1) is 13.5 Å². The van der Waals surface area contributed by atoms with Gasteiger partial charge >= 0.3 is 12.1 Å². The molecule has 1 rings (SSSR count). The molecule has 0 N–H and O–H groups in total. The fourth-order valence-electron chi connectivity index (χ4n) is 1.49. The van der Waals surface area contributed by atoms with E-state index in [9.17, 15) is 22.8 Å². The van der Waals surface area contributed by atoms with Gasteiger partial charge in [0.25, 0.3) is 5.91 Å². The zero-order valence-electron chi connectivity index (χ0n) is 11.0. The van der Waals surface area contributed by atoms with Crippen molar-refractivity contribution in [3.63, 3.8) is 0 Å². The summed E-state index contributed by atoms with van der Waals surface area (Å²) in [6.07, 6.45) is -3.61. The van der Waals surface area contributed by atoms with Gasteiger partial charge in [-0.3, -0.25) is 9.59 Å². The third-order valence-corrected chi connectivity index (χ3v) is 3.07. The van der Waals surface area contributed by atoms with Crippen LogP contribution in [0.25, 0.3) is 0 Å². The van der Waals surface area contributed by atoms with E-state index < -0.39 is 31.1 Å². The van der Waals surface area contributed by atoms with Gasteiger partial charge in [-0.2, -0.15) is 13.2 Å². The van der Waals surface area contributed by atoms with E-state index >= 15 is 0 Å². The summed E-state index contributed by atoms with van der Waals surface area (Å²) in [5.41, 5.74) is -0.147. The lowest BCUT2D eigenvalue weighted by atomic mass is 10.3. The van der Waals surface area contributed by atoms with Crippen LogP contribution in [0, 0.1) is 0 Å². The number of methoxy groups -OCH3 is 1. The van der Waals surface area contributed by atoms with Crippen LogP contribution in [0.15, 0.2) is 22.8 Å². The topological polar surface area (TPSA) is 59.5 Å². The van der Waals surface area contributed by atoms with Gasteiger partial charge in [-0.05, 0) is 28.1 Å². The molecule has 0 spiro atoms. The average Bonchev–Trinajstić information content (AvgIpc) is 2.41. The number of carbonyl (C=O) groups is 2. The lowest BCUT2D eigenvalue weighted by molar-refractivity contribution is -0.147. The summed E-state index contributed by atoms with van der Waals surface area (Å²) in [5, 5.41) is 0. The number of hydrogen-bond acceptors (Lipinski definition) is 4. The van der Waals surface area contributed by atoms with Crippen LogP contribution in [-0.4, -0.2) is 48.1 Å². The molecule has 5 nitrogen and oxygen atoms in total. The van der Waals surface area contributed by atoms with E-state index in [-0.39, 0.29) is 16.6 Å². The second kappa shape index (κ2) is 7.39. The van der Waals surface area contributed by atoms with Gasteiger partial charge in [-0.15, -0.1) is 0 Å². The Labute approximate surface area is 127 Å². The van der Waals surface area contributed by atoms with Crippen LogP contribution in [0.1, 0.15) is 16.9 Å². The third-order valence-electron chi connectivity index (χ3n) is 2.43. The summed E-state index contributed by atoms with van der Waals surface area (Å²) >= 11 is 3.06. The van der Waals surface area contributed by atoms with Gasteiger partial charge in [-0.1, -0.05) is 0 Å². The van der Waals surface area contributed by atoms with Gasteiger partial charge in [0.2, 0.25) is 0 Å². The predicted octanol–water partition coefficient (Wildman–Crippen LogP) is 2.41. The predicted molar refractivity (Wildman–Crippen MR) is 70.5 cm³/mol. The quantitative estimate of drug-likeness (QED) is 0.748. The number of carbonyl (C=O) groups excluding carboxylic acids is 2.